The zero-order valence-electron chi connectivity index (χ0n) is 11.9. The predicted molar refractivity (Wildman–Crippen MR) is 78.5 cm³/mol. The van der Waals surface area contributed by atoms with Crippen LogP contribution in [0.1, 0.15) is 10.4 Å². The summed E-state index contributed by atoms with van der Waals surface area (Å²) in [5.74, 6) is -0.300. The Morgan fingerprint density at radius 1 is 1.24 bits per heavy atom. The van der Waals surface area contributed by atoms with E-state index in [1.54, 1.807) is 25.4 Å². The summed E-state index contributed by atoms with van der Waals surface area (Å²) < 4.78 is 26.5. The number of rotatable bonds is 4. The van der Waals surface area contributed by atoms with Crippen molar-refractivity contribution in [2.24, 2.45) is 7.05 Å². The van der Waals surface area contributed by atoms with Gasteiger partial charge >= 0.3 is 0 Å². The van der Waals surface area contributed by atoms with Crippen molar-refractivity contribution in [3.8, 4) is 0 Å². The van der Waals surface area contributed by atoms with Crippen molar-refractivity contribution in [2.45, 2.75) is 4.90 Å². The van der Waals surface area contributed by atoms with Crippen LogP contribution in [0.15, 0.2) is 41.6 Å². The molecule has 0 bridgehead atoms. The van der Waals surface area contributed by atoms with Gasteiger partial charge in [0.25, 0.3) is 5.91 Å². The zero-order valence-corrected chi connectivity index (χ0v) is 12.8. The summed E-state index contributed by atoms with van der Waals surface area (Å²) in [6.07, 6.45) is 3.06. The third-order valence-electron chi connectivity index (χ3n) is 2.86. The van der Waals surface area contributed by atoms with Gasteiger partial charge in [-0.3, -0.25) is 9.48 Å². The molecule has 0 aliphatic rings. The van der Waals surface area contributed by atoms with Gasteiger partial charge in [0, 0.05) is 33.0 Å². The average molecular weight is 308 g/mol. The molecule has 0 aliphatic carbocycles. The lowest BCUT2D eigenvalue weighted by molar-refractivity contribution is 0.102. The van der Waals surface area contributed by atoms with Crippen molar-refractivity contribution in [3.05, 3.63) is 42.2 Å². The van der Waals surface area contributed by atoms with Crippen LogP contribution in [0, 0.1) is 0 Å². The minimum atomic E-state index is -3.46. The molecule has 1 amide bonds. The molecule has 2 rings (SSSR count). The van der Waals surface area contributed by atoms with Crippen molar-refractivity contribution >= 4 is 21.6 Å². The molecule has 0 radical (unpaired) electrons. The standard InChI is InChI=1S/C13H16N4O3S/c1-16(2)21(19,20)12-6-4-11(5-7-12)15-13(18)10-8-14-17(3)9-10/h4-9H,1-3H3,(H,15,18). The average Bonchev–Trinajstić information content (AvgIpc) is 2.86. The van der Waals surface area contributed by atoms with E-state index in [0.29, 0.717) is 11.3 Å². The van der Waals surface area contributed by atoms with Gasteiger partial charge in [-0.05, 0) is 24.3 Å². The van der Waals surface area contributed by atoms with Gasteiger partial charge in [-0.15, -0.1) is 0 Å². The van der Waals surface area contributed by atoms with Crippen molar-refractivity contribution in [3.63, 3.8) is 0 Å². The van der Waals surface area contributed by atoms with Crippen LogP contribution in [0.2, 0.25) is 0 Å². The van der Waals surface area contributed by atoms with E-state index < -0.39 is 10.0 Å². The highest BCUT2D eigenvalue weighted by Crippen LogP contribution is 2.17. The maximum atomic E-state index is 11.9. The van der Waals surface area contributed by atoms with E-state index in [2.05, 4.69) is 10.4 Å². The van der Waals surface area contributed by atoms with E-state index >= 15 is 0 Å². The quantitative estimate of drug-likeness (QED) is 0.910. The van der Waals surface area contributed by atoms with Gasteiger partial charge in [0.1, 0.15) is 0 Å². The first kappa shape index (κ1) is 15.2. The van der Waals surface area contributed by atoms with Crippen LogP contribution < -0.4 is 5.32 Å². The molecule has 7 nitrogen and oxygen atoms in total. The molecule has 0 spiro atoms. The smallest absolute Gasteiger partial charge is 0.258 e. The molecule has 0 unspecified atom stereocenters. The van der Waals surface area contributed by atoms with Crippen LogP contribution in [0.25, 0.3) is 0 Å². The van der Waals surface area contributed by atoms with Crippen molar-refractivity contribution < 1.29 is 13.2 Å². The summed E-state index contributed by atoms with van der Waals surface area (Å²) >= 11 is 0. The fourth-order valence-corrected chi connectivity index (χ4v) is 2.56. The summed E-state index contributed by atoms with van der Waals surface area (Å²) in [5, 5.41) is 6.59. The number of anilines is 1. The number of aromatic nitrogens is 2. The second-order valence-corrected chi connectivity index (χ2v) is 6.82. The number of sulfonamides is 1. The van der Waals surface area contributed by atoms with E-state index in [0.717, 1.165) is 4.31 Å². The van der Waals surface area contributed by atoms with Crippen molar-refractivity contribution in [1.82, 2.24) is 14.1 Å². The molecule has 0 aliphatic heterocycles. The summed E-state index contributed by atoms with van der Waals surface area (Å²) in [7, 11) is 1.19. The molecule has 1 aromatic heterocycles. The molecule has 8 heteroatoms. The number of carbonyl (C=O) groups excluding carboxylic acids is 1. The fourth-order valence-electron chi connectivity index (χ4n) is 1.66. The molecular formula is C13H16N4O3S. The van der Waals surface area contributed by atoms with Crippen LogP contribution in [-0.2, 0) is 17.1 Å². The summed E-state index contributed by atoms with van der Waals surface area (Å²) in [5.41, 5.74) is 0.948. The topological polar surface area (TPSA) is 84.3 Å². The molecule has 1 N–H and O–H groups in total. The number of carbonyl (C=O) groups is 1. The Hall–Kier alpha value is -2.19. The Morgan fingerprint density at radius 2 is 1.86 bits per heavy atom. The maximum absolute atomic E-state index is 11.9. The lowest BCUT2D eigenvalue weighted by Gasteiger charge is -2.11. The molecular weight excluding hydrogens is 292 g/mol. The largest absolute Gasteiger partial charge is 0.322 e. The highest BCUT2D eigenvalue weighted by molar-refractivity contribution is 7.89. The second kappa shape index (κ2) is 5.66. The highest BCUT2D eigenvalue weighted by atomic mass is 32.2. The number of benzene rings is 1. The maximum Gasteiger partial charge on any atom is 0.258 e. The Kier molecular flexibility index (Phi) is 4.10. The molecule has 0 saturated carbocycles. The van der Waals surface area contributed by atoms with E-state index in [1.807, 2.05) is 0 Å². The number of nitrogens with zero attached hydrogens (tertiary/aromatic N) is 3. The van der Waals surface area contributed by atoms with Gasteiger partial charge in [0.15, 0.2) is 0 Å². The van der Waals surface area contributed by atoms with Crippen molar-refractivity contribution in [1.29, 1.82) is 0 Å². The first-order chi connectivity index (χ1) is 9.80. The molecule has 112 valence electrons. The van der Waals surface area contributed by atoms with E-state index in [4.69, 9.17) is 0 Å². The Morgan fingerprint density at radius 3 is 2.33 bits per heavy atom. The predicted octanol–water partition coefficient (Wildman–Crippen LogP) is 0.923. The fraction of sp³-hybridized carbons (Fsp3) is 0.231. The normalized spacial score (nSPS) is 11.6. The highest BCUT2D eigenvalue weighted by Gasteiger charge is 2.17. The Balaban J connectivity index is 2.15. The van der Waals surface area contributed by atoms with Crippen molar-refractivity contribution in [2.75, 3.05) is 19.4 Å². The monoisotopic (exact) mass is 308 g/mol. The SMILES string of the molecule is CN(C)S(=O)(=O)c1ccc(NC(=O)c2cnn(C)c2)cc1. The number of amides is 1. The van der Waals surface area contributed by atoms with E-state index in [-0.39, 0.29) is 10.8 Å². The molecule has 1 heterocycles. The van der Waals surface area contributed by atoms with Gasteiger partial charge in [-0.25, -0.2) is 12.7 Å². The first-order valence-electron chi connectivity index (χ1n) is 6.13. The minimum absolute atomic E-state index is 0.173. The van der Waals surface area contributed by atoms with Crippen LogP contribution in [0.4, 0.5) is 5.69 Å². The molecule has 1 aromatic carbocycles. The summed E-state index contributed by atoms with van der Waals surface area (Å²) in [6, 6.07) is 6.00. The van der Waals surface area contributed by atoms with Crippen LogP contribution in [0.3, 0.4) is 0 Å². The van der Waals surface area contributed by atoms with Gasteiger partial charge in [0.05, 0.1) is 16.7 Å². The Labute approximate surface area is 123 Å². The lowest BCUT2D eigenvalue weighted by atomic mass is 10.3. The zero-order chi connectivity index (χ0) is 15.6. The molecule has 21 heavy (non-hydrogen) atoms. The summed E-state index contributed by atoms with van der Waals surface area (Å²) in [6.45, 7) is 0. The van der Waals surface area contributed by atoms with Gasteiger partial charge in [-0.2, -0.15) is 5.10 Å². The van der Waals surface area contributed by atoms with E-state index in [9.17, 15) is 13.2 Å². The number of nitrogens with one attached hydrogen (secondary N) is 1. The van der Waals surface area contributed by atoms with Crippen LogP contribution in [0.5, 0.6) is 0 Å². The first-order valence-corrected chi connectivity index (χ1v) is 7.57. The Bertz CT molecular complexity index is 748. The molecule has 0 fully saturated rings. The number of hydrogen-bond acceptors (Lipinski definition) is 4. The lowest BCUT2D eigenvalue weighted by Crippen LogP contribution is -2.22. The second-order valence-electron chi connectivity index (χ2n) is 4.67. The third-order valence-corrected chi connectivity index (χ3v) is 4.69. The van der Waals surface area contributed by atoms with E-state index in [1.165, 1.54) is 37.1 Å². The summed E-state index contributed by atoms with van der Waals surface area (Å²) in [4.78, 5) is 12.1. The molecule has 0 saturated heterocycles. The third kappa shape index (κ3) is 3.29. The minimum Gasteiger partial charge on any atom is -0.322 e. The van der Waals surface area contributed by atoms with Gasteiger partial charge < -0.3 is 5.32 Å². The van der Waals surface area contributed by atoms with Gasteiger partial charge in [-0.1, -0.05) is 0 Å². The molecule has 0 atom stereocenters. The van der Waals surface area contributed by atoms with Crippen LogP contribution >= 0.6 is 0 Å². The van der Waals surface area contributed by atoms with Crippen LogP contribution in [-0.4, -0.2) is 42.5 Å². The molecule has 2 aromatic rings. The number of hydrogen-bond donors (Lipinski definition) is 1. The number of aryl methyl sites for hydroxylation is 1. The van der Waals surface area contributed by atoms with Gasteiger partial charge in [0.2, 0.25) is 10.0 Å².